The molecule has 2 N–H and O–H groups in total. The van der Waals surface area contributed by atoms with Crippen LogP contribution in [0.1, 0.15) is 0 Å². The van der Waals surface area contributed by atoms with Gasteiger partial charge in [0, 0.05) is 0 Å². The van der Waals surface area contributed by atoms with E-state index in [2.05, 4.69) is 26.2 Å². The number of rotatable bonds is 4. The first-order chi connectivity index (χ1) is 4.45. The molecule has 0 aromatic heterocycles. The summed E-state index contributed by atoms with van der Waals surface area (Å²) in [5.74, 6) is 0. The van der Waals surface area contributed by atoms with E-state index in [1.807, 2.05) is 0 Å². The topological polar surface area (TPSA) is 35.2 Å². The first-order valence-electron chi connectivity index (χ1n) is 3.83. The minimum atomic E-state index is -1.25. The first-order valence-corrected chi connectivity index (χ1v) is 9.68. The highest BCUT2D eigenvalue weighted by atomic mass is 28.4. The maximum Gasteiger partial charge on any atom is 0.170 e. The summed E-state index contributed by atoms with van der Waals surface area (Å²) < 4.78 is 5.88. The Kier molecular flexibility index (Phi) is 4.43. The Morgan fingerprint density at radius 3 is 2.20 bits per heavy atom. The van der Waals surface area contributed by atoms with Crippen molar-refractivity contribution >= 4 is 17.4 Å². The van der Waals surface area contributed by atoms with Gasteiger partial charge in [-0.25, -0.2) is 0 Å². The van der Waals surface area contributed by atoms with E-state index in [1.165, 1.54) is 0 Å². The van der Waals surface area contributed by atoms with E-state index >= 15 is 0 Å². The van der Waals surface area contributed by atoms with Crippen molar-refractivity contribution in [2.24, 2.45) is 5.73 Å². The molecule has 0 aromatic carbocycles. The van der Waals surface area contributed by atoms with Gasteiger partial charge in [0.1, 0.15) is 0 Å². The average molecular weight is 177 g/mol. The zero-order valence-electron chi connectivity index (χ0n) is 7.48. The van der Waals surface area contributed by atoms with Gasteiger partial charge < -0.3 is 9.85 Å². The van der Waals surface area contributed by atoms with Gasteiger partial charge in [0.2, 0.25) is 0 Å². The molecule has 0 bridgehead atoms. The van der Waals surface area contributed by atoms with Crippen LogP contribution in [0.5, 0.6) is 0 Å². The van der Waals surface area contributed by atoms with Crippen LogP contribution in [-0.2, 0) is 4.12 Å². The molecule has 0 spiro atoms. The van der Waals surface area contributed by atoms with Crippen molar-refractivity contribution in [3.8, 4) is 0 Å². The lowest BCUT2D eigenvalue weighted by Gasteiger charge is -2.22. The summed E-state index contributed by atoms with van der Waals surface area (Å²) in [5, 5.41) is 0. The van der Waals surface area contributed by atoms with Crippen molar-refractivity contribution in [3.05, 3.63) is 0 Å². The van der Waals surface area contributed by atoms with Crippen LogP contribution in [0.15, 0.2) is 0 Å². The summed E-state index contributed by atoms with van der Waals surface area (Å²) in [7, 11) is -2.14. The molecule has 10 heavy (non-hydrogen) atoms. The predicted molar refractivity (Wildman–Crippen MR) is 51.3 cm³/mol. The molecular formula is C6H19NOSi2. The average Bonchev–Trinajstić information content (AvgIpc) is 1.59. The fourth-order valence-corrected chi connectivity index (χ4v) is 6.67. The molecule has 0 aliphatic carbocycles. The maximum atomic E-state index is 5.88. The normalized spacial score (nSPS) is 15.3. The zero-order chi connectivity index (χ0) is 8.20. The minimum Gasteiger partial charge on any atom is -0.458 e. The molecule has 0 rings (SSSR count). The lowest BCUT2D eigenvalue weighted by Crippen LogP contribution is -2.33. The third kappa shape index (κ3) is 6.47. The van der Waals surface area contributed by atoms with Crippen molar-refractivity contribution in [2.75, 3.05) is 6.54 Å². The van der Waals surface area contributed by atoms with Crippen LogP contribution in [0, 0.1) is 0 Å². The maximum absolute atomic E-state index is 5.88. The third-order valence-corrected chi connectivity index (χ3v) is 6.71. The molecule has 2 nitrogen and oxygen atoms in total. The Morgan fingerprint density at radius 2 is 1.90 bits per heavy atom. The number of hydrogen-bond donors (Lipinski definition) is 1. The monoisotopic (exact) mass is 177 g/mol. The van der Waals surface area contributed by atoms with E-state index in [-0.39, 0.29) is 0 Å². The zero-order valence-corrected chi connectivity index (χ0v) is 9.63. The van der Waals surface area contributed by atoms with Crippen molar-refractivity contribution < 1.29 is 4.12 Å². The second kappa shape index (κ2) is 4.28. The molecule has 4 heteroatoms. The van der Waals surface area contributed by atoms with Gasteiger partial charge in [-0.2, -0.15) is 0 Å². The Morgan fingerprint density at radius 1 is 1.40 bits per heavy atom. The second-order valence-electron chi connectivity index (χ2n) is 3.62. The highest BCUT2D eigenvalue weighted by Gasteiger charge is 2.17. The molecule has 1 atom stereocenters. The van der Waals surface area contributed by atoms with E-state index in [1.54, 1.807) is 0 Å². The molecule has 1 unspecified atom stereocenters. The second-order valence-corrected chi connectivity index (χ2v) is 11.0. The van der Waals surface area contributed by atoms with E-state index in [0.717, 1.165) is 12.6 Å². The van der Waals surface area contributed by atoms with Gasteiger partial charge in [0.25, 0.3) is 0 Å². The number of hydrogen-bond acceptors (Lipinski definition) is 2. The molecule has 0 aliphatic rings. The van der Waals surface area contributed by atoms with Gasteiger partial charge in [-0.1, -0.05) is 0 Å². The molecule has 0 amide bonds. The Labute approximate surface area is 66.6 Å². The Hall–Kier alpha value is 0.354. The van der Waals surface area contributed by atoms with Crippen LogP contribution >= 0.6 is 0 Å². The molecule has 0 fully saturated rings. The van der Waals surface area contributed by atoms with E-state index in [0.29, 0.717) is 0 Å². The fourth-order valence-electron chi connectivity index (χ4n) is 0.897. The first kappa shape index (κ1) is 10.4. The molecule has 0 saturated heterocycles. The summed E-state index contributed by atoms with van der Waals surface area (Å²) in [6.45, 7) is 9.70. The summed E-state index contributed by atoms with van der Waals surface area (Å²) in [4.78, 5) is 0. The third-order valence-electron chi connectivity index (χ3n) is 1.13. The van der Waals surface area contributed by atoms with Crippen molar-refractivity contribution in [2.45, 2.75) is 32.2 Å². The predicted octanol–water partition coefficient (Wildman–Crippen LogP) is 1.15. The van der Waals surface area contributed by atoms with Crippen LogP contribution < -0.4 is 5.73 Å². The van der Waals surface area contributed by atoms with Crippen molar-refractivity contribution in [1.82, 2.24) is 0 Å². The van der Waals surface area contributed by atoms with Crippen LogP contribution in [0.4, 0.5) is 0 Å². The van der Waals surface area contributed by atoms with Gasteiger partial charge in [-0.3, -0.25) is 0 Å². The van der Waals surface area contributed by atoms with Gasteiger partial charge in [-0.05, 0) is 38.8 Å². The van der Waals surface area contributed by atoms with Crippen LogP contribution in [0.25, 0.3) is 0 Å². The Bertz CT molecular complexity index is 92.2. The summed E-state index contributed by atoms with van der Waals surface area (Å²) >= 11 is 0. The molecule has 0 aliphatic heterocycles. The highest BCUT2D eigenvalue weighted by Crippen LogP contribution is 2.06. The Balaban J connectivity index is 3.47. The van der Waals surface area contributed by atoms with Gasteiger partial charge in [0.15, 0.2) is 17.4 Å². The fraction of sp³-hybridized carbons (Fsp3) is 1.00. The molecular weight excluding hydrogens is 158 g/mol. The van der Waals surface area contributed by atoms with Crippen molar-refractivity contribution in [3.63, 3.8) is 0 Å². The standard InChI is InChI=1S/C6H19NOSi2/c1-9(6-5-7)8-10(2,3)4/h9H,5-7H2,1-4H3. The van der Waals surface area contributed by atoms with Crippen LogP contribution in [0.3, 0.4) is 0 Å². The van der Waals surface area contributed by atoms with Crippen molar-refractivity contribution in [1.29, 1.82) is 0 Å². The molecule has 0 saturated carbocycles. The SMILES string of the molecule is C[SiH](CCN)O[Si](C)(C)C. The van der Waals surface area contributed by atoms with E-state index in [4.69, 9.17) is 9.85 Å². The highest BCUT2D eigenvalue weighted by molar-refractivity contribution is 6.77. The van der Waals surface area contributed by atoms with Gasteiger partial charge >= 0.3 is 0 Å². The van der Waals surface area contributed by atoms with Gasteiger partial charge in [-0.15, -0.1) is 0 Å². The molecule has 0 radical (unpaired) electrons. The van der Waals surface area contributed by atoms with E-state index in [9.17, 15) is 0 Å². The largest absolute Gasteiger partial charge is 0.458 e. The number of nitrogens with two attached hydrogens (primary N) is 1. The van der Waals surface area contributed by atoms with Crippen LogP contribution in [-0.4, -0.2) is 23.9 Å². The smallest absolute Gasteiger partial charge is 0.170 e. The lowest BCUT2D eigenvalue weighted by molar-refractivity contribution is 0.573. The quantitative estimate of drug-likeness (QED) is 0.654. The summed E-state index contributed by atoms with van der Waals surface area (Å²) in [6.07, 6.45) is 0. The summed E-state index contributed by atoms with van der Waals surface area (Å²) in [5.41, 5.74) is 5.42. The molecule has 62 valence electrons. The summed E-state index contributed by atoms with van der Waals surface area (Å²) in [6, 6.07) is 1.12. The molecule has 0 heterocycles. The molecule has 0 aromatic rings. The lowest BCUT2D eigenvalue weighted by atomic mass is 10.8. The minimum absolute atomic E-state index is 0.790. The van der Waals surface area contributed by atoms with Crippen LogP contribution in [0.2, 0.25) is 32.2 Å². The van der Waals surface area contributed by atoms with E-state index < -0.39 is 17.4 Å². The van der Waals surface area contributed by atoms with Gasteiger partial charge in [0.05, 0.1) is 0 Å².